The summed E-state index contributed by atoms with van der Waals surface area (Å²) in [5.41, 5.74) is -0.339. The van der Waals surface area contributed by atoms with Gasteiger partial charge in [0, 0.05) is 17.2 Å². The Morgan fingerprint density at radius 1 is 0.826 bits per heavy atom. The van der Waals surface area contributed by atoms with E-state index in [4.69, 9.17) is 4.74 Å². The number of hydrogen-bond acceptors (Lipinski definition) is 3. The molecule has 0 N–H and O–H groups in total. The van der Waals surface area contributed by atoms with Crippen LogP contribution in [-0.2, 0) is 6.18 Å². The number of halogens is 3. The van der Waals surface area contributed by atoms with Crippen LogP contribution in [0.5, 0.6) is 5.75 Å². The molecule has 0 aromatic heterocycles. The van der Waals surface area contributed by atoms with Crippen LogP contribution in [0.15, 0.2) is 60.4 Å². The van der Waals surface area contributed by atoms with Crippen molar-refractivity contribution in [2.75, 3.05) is 0 Å². The number of hydrogen-bond donors (Lipinski definition) is 0. The summed E-state index contributed by atoms with van der Waals surface area (Å²) >= 11 is 0. The molecule has 0 saturated heterocycles. The van der Waals surface area contributed by atoms with Crippen molar-refractivity contribution in [3.8, 4) is 5.75 Å². The Morgan fingerprint density at radius 3 is 2.04 bits per heavy atom. The van der Waals surface area contributed by atoms with Crippen molar-refractivity contribution in [2.24, 2.45) is 0 Å². The molecule has 2 aromatic rings. The summed E-state index contributed by atoms with van der Waals surface area (Å²) in [6, 6.07) is 10.2. The molecule has 2 aromatic carbocycles. The number of carbonyl (C=O) groups excluding carboxylic acids is 2. The quantitative estimate of drug-likeness (QED) is 0.839. The second kappa shape index (κ2) is 5.39. The van der Waals surface area contributed by atoms with Crippen molar-refractivity contribution in [3.05, 3.63) is 77.1 Å². The maximum atomic E-state index is 12.5. The topological polar surface area (TPSA) is 43.4 Å². The van der Waals surface area contributed by atoms with E-state index in [1.165, 1.54) is 12.1 Å². The van der Waals surface area contributed by atoms with Gasteiger partial charge in [0.2, 0.25) is 5.78 Å². The van der Waals surface area contributed by atoms with Crippen LogP contribution < -0.4 is 4.74 Å². The molecule has 0 spiro atoms. The Balaban J connectivity index is 1.87. The first-order valence-electron chi connectivity index (χ1n) is 6.61. The van der Waals surface area contributed by atoms with Gasteiger partial charge >= 0.3 is 6.18 Å². The van der Waals surface area contributed by atoms with Crippen molar-refractivity contribution in [1.82, 2.24) is 0 Å². The first-order valence-corrected chi connectivity index (χ1v) is 6.61. The van der Waals surface area contributed by atoms with Crippen LogP contribution in [0, 0.1) is 0 Å². The smallest absolute Gasteiger partial charge is 0.416 e. The van der Waals surface area contributed by atoms with Crippen LogP contribution in [0.1, 0.15) is 26.3 Å². The number of carbonyl (C=O) groups is 2. The Bertz CT molecular complexity index is 818. The van der Waals surface area contributed by atoms with Crippen molar-refractivity contribution in [2.45, 2.75) is 6.18 Å². The number of rotatable bonds is 2. The van der Waals surface area contributed by atoms with Crippen LogP contribution in [0.4, 0.5) is 13.2 Å². The van der Waals surface area contributed by atoms with Gasteiger partial charge in [-0.05, 0) is 24.3 Å². The van der Waals surface area contributed by atoms with Gasteiger partial charge < -0.3 is 4.74 Å². The van der Waals surface area contributed by atoms with Crippen LogP contribution >= 0.6 is 0 Å². The number of ether oxygens (including phenoxy) is 1. The fourth-order valence-corrected chi connectivity index (χ4v) is 2.21. The van der Waals surface area contributed by atoms with Gasteiger partial charge in [-0.25, -0.2) is 0 Å². The summed E-state index contributed by atoms with van der Waals surface area (Å²) in [5.74, 6) is -1.04. The lowest BCUT2D eigenvalue weighted by molar-refractivity contribution is -0.137. The maximum Gasteiger partial charge on any atom is 0.416 e. The third kappa shape index (κ3) is 2.88. The summed E-state index contributed by atoms with van der Waals surface area (Å²) in [5, 5.41) is 0. The summed E-state index contributed by atoms with van der Waals surface area (Å²) in [4.78, 5) is 24.2. The molecule has 1 aliphatic rings. The first kappa shape index (κ1) is 15.0. The lowest BCUT2D eigenvalue weighted by Gasteiger charge is -2.15. The normalized spacial score (nSPS) is 14.3. The van der Waals surface area contributed by atoms with E-state index in [1.54, 1.807) is 12.1 Å². The van der Waals surface area contributed by atoms with Gasteiger partial charge in [-0.1, -0.05) is 24.3 Å². The Kier molecular flexibility index (Phi) is 3.52. The van der Waals surface area contributed by atoms with E-state index in [0.717, 1.165) is 30.3 Å². The molecule has 0 heterocycles. The molecule has 0 aliphatic heterocycles. The van der Waals surface area contributed by atoms with Crippen molar-refractivity contribution in [3.63, 3.8) is 0 Å². The highest BCUT2D eigenvalue weighted by Gasteiger charge is 2.30. The average Bonchev–Trinajstić information content (AvgIpc) is 2.52. The van der Waals surface area contributed by atoms with Gasteiger partial charge in [-0.3, -0.25) is 9.59 Å². The standard InChI is InChI=1S/C17H9F3O3/c18-17(19,20)10-5-7-11(8-6-10)23-15-9-14(21)12-3-1-2-4-13(12)16(15)22/h1-9H. The highest BCUT2D eigenvalue weighted by atomic mass is 19.4. The number of ketones is 2. The predicted octanol–water partition coefficient (Wildman–Crippen LogP) is 4.05. The molecule has 6 heteroatoms. The zero-order valence-corrected chi connectivity index (χ0v) is 11.6. The van der Waals surface area contributed by atoms with Gasteiger partial charge in [-0.2, -0.15) is 13.2 Å². The van der Waals surface area contributed by atoms with E-state index < -0.39 is 17.5 Å². The molecule has 0 unspecified atom stereocenters. The zero-order valence-electron chi connectivity index (χ0n) is 11.6. The van der Waals surface area contributed by atoms with E-state index in [0.29, 0.717) is 0 Å². The third-order valence-corrected chi connectivity index (χ3v) is 3.33. The summed E-state index contributed by atoms with van der Waals surface area (Å²) in [6.07, 6.45) is -3.41. The Labute approximate surface area is 129 Å². The van der Waals surface area contributed by atoms with E-state index in [-0.39, 0.29) is 28.4 Å². The molecule has 116 valence electrons. The van der Waals surface area contributed by atoms with Crippen molar-refractivity contribution in [1.29, 1.82) is 0 Å². The highest BCUT2D eigenvalue weighted by Crippen LogP contribution is 2.31. The minimum Gasteiger partial charge on any atom is -0.453 e. The van der Waals surface area contributed by atoms with E-state index in [9.17, 15) is 22.8 Å². The summed E-state index contributed by atoms with van der Waals surface area (Å²) in [6.45, 7) is 0. The SMILES string of the molecule is O=C1C=C(Oc2ccc(C(F)(F)F)cc2)C(=O)c2ccccc21. The van der Waals surface area contributed by atoms with Crippen LogP contribution in [0.25, 0.3) is 0 Å². The molecule has 0 saturated carbocycles. The van der Waals surface area contributed by atoms with Crippen molar-refractivity contribution >= 4 is 11.6 Å². The molecular weight excluding hydrogens is 309 g/mol. The van der Waals surface area contributed by atoms with Gasteiger partial charge in [0.05, 0.1) is 5.56 Å². The number of benzene rings is 2. The Hall–Kier alpha value is -2.89. The second-order valence-electron chi connectivity index (χ2n) is 4.87. The monoisotopic (exact) mass is 318 g/mol. The fourth-order valence-electron chi connectivity index (χ4n) is 2.21. The minimum atomic E-state index is -4.45. The summed E-state index contributed by atoms with van der Waals surface area (Å²) in [7, 11) is 0. The molecule has 23 heavy (non-hydrogen) atoms. The number of Topliss-reactive ketones (excluding diaryl/α,β-unsaturated/α-hetero) is 1. The van der Waals surface area contributed by atoms with Gasteiger partial charge in [0.25, 0.3) is 0 Å². The average molecular weight is 318 g/mol. The number of alkyl halides is 3. The van der Waals surface area contributed by atoms with Gasteiger partial charge in [-0.15, -0.1) is 0 Å². The lowest BCUT2D eigenvalue weighted by atomic mass is 9.94. The maximum absolute atomic E-state index is 12.5. The fraction of sp³-hybridized carbons (Fsp3) is 0.0588. The number of fused-ring (bicyclic) bond motifs is 1. The first-order chi connectivity index (χ1) is 10.9. The van der Waals surface area contributed by atoms with E-state index in [1.807, 2.05) is 0 Å². The minimum absolute atomic E-state index is 0.0461. The zero-order chi connectivity index (χ0) is 16.6. The molecule has 0 bridgehead atoms. The largest absolute Gasteiger partial charge is 0.453 e. The molecule has 3 rings (SSSR count). The molecule has 0 atom stereocenters. The third-order valence-electron chi connectivity index (χ3n) is 3.33. The van der Waals surface area contributed by atoms with Crippen LogP contribution in [-0.4, -0.2) is 11.6 Å². The van der Waals surface area contributed by atoms with E-state index >= 15 is 0 Å². The van der Waals surface area contributed by atoms with Crippen molar-refractivity contribution < 1.29 is 27.5 Å². The molecule has 0 fully saturated rings. The molecule has 3 nitrogen and oxygen atoms in total. The van der Waals surface area contributed by atoms with Crippen LogP contribution in [0.3, 0.4) is 0 Å². The molecule has 0 radical (unpaired) electrons. The molecule has 1 aliphatic carbocycles. The molecule has 0 amide bonds. The lowest BCUT2D eigenvalue weighted by Crippen LogP contribution is -2.20. The second-order valence-corrected chi connectivity index (χ2v) is 4.87. The van der Waals surface area contributed by atoms with Gasteiger partial charge in [0.15, 0.2) is 11.5 Å². The highest BCUT2D eigenvalue weighted by molar-refractivity contribution is 6.23. The summed E-state index contributed by atoms with van der Waals surface area (Å²) < 4.78 is 42.8. The predicted molar refractivity (Wildman–Crippen MR) is 75.3 cm³/mol. The van der Waals surface area contributed by atoms with Crippen LogP contribution in [0.2, 0.25) is 0 Å². The van der Waals surface area contributed by atoms with Gasteiger partial charge in [0.1, 0.15) is 5.75 Å². The number of allylic oxidation sites excluding steroid dienone is 2. The molecular formula is C17H9F3O3. The van der Waals surface area contributed by atoms with E-state index in [2.05, 4.69) is 0 Å². The Morgan fingerprint density at radius 2 is 1.43 bits per heavy atom.